The molecular formula is C24H27N3O. The van der Waals surface area contributed by atoms with E-state index in [-0.39, 0.29) is 5.91 Å². The standard InChI is InChI=1S/C22H21N3O.C2H6/c1-15-4-9-20-17(12-15)10-11-25(20)22(26)21-13-18(14-24(21)3)16-5-7-19(23-2)8-6-16;1-2/h4-14,23H,1-3H3;1-2H3. The van der Waals surface area contributed by atoms with Crippen LogP contribution in [0.5, 0.6) is 0 Å². The predicted molar refractivity (Wildman–Crippen MR) is 118 cm³/mol. The minimum atomic E-state index is -0.0237. The van der Waals surface area contributed by atoms with Crippen LogP contribution in [0.3, 0.4) is 0 Å². The summed E-state index contributed by atoms with van der Waals surface area (Å²) in [4.78, 5) is 13.1. The van der Waals surface area contributed by atoms with E-state index in [1.807, 2.05) is 81.3 Å². The molecule has 0 spiro atoms. The number of aryl methyl sites for hydroxylation is 2. The number of fused-ring (bicyclic) bond motifs is 1. The van der Waals surface area contributed by atoms with E-state index in [2.05, 4.69) is 30.4 Å². The number of aromatic nitrogens is 2. The van der Waals surface area contributed by atoms with E-state index in [1.54, 1.807) is 4.57 Å². The summed E-state index contributed by atoms with van der Waals surface area (Å²) in [5, 5.41) is 4.20. The van der Waals surface area contributed by atoms with Gasteiger partial charge in [-0.15, -0.1) is 0 Å². The van der Waals surface area contributed by atoms with Crippen molar-refractivity contribution in [1.82, 2.24) is 9.13 Å². The number of hydrogen-bond donors (Lipinski definition) is 1. The first-order chi connectivity index (χ1) is 13.6. The van der Waals surface area contributed by atoms with Crippen molar-refractivity contribution in [1.29, 1.82) is 0 Å². The minimum absolute atomic E-state index is 0.0237. The van der Waals surface area contributed by atoms with Gasteiger partial charge in [0.1, 0.15) is 5.69 Å². The SMILES string of the molecule is CC.CNc1ccc(-c2cc(C(=O)n3ccc4cc(C)ccc43)n(C)c2)cc1. The summed E-state index contributed by atoms with van der Waals surface area (Å²) in [7, 11) is 3.81. The average molecular weight is 374 g/mol. The van der Waals surface area contributed by atoms with Gasteiger partial charge in [0, 0.05) is 43.1 Å². The second-order valence-corrected chi connectivity index (χ2v) is 6.61. The summed E-state index contributed by atoms with van der Waals surface area (Å²) >= 11 is 0. The van der Waals surface area contributed by atoms with Gasteiger partial charge in [0.05, 0.1) is 5.52 Å². The molecule has 0 unspecified atom stereocenters. The van der Waals surface area contributed by atoms with Crippen molar-refractivity contribution < 1.29 is 4.79 Å². The molecule has 0 fully saturated rings. The molecule has 2 aromatic carbocycles. The van der Waals surface area contributed by atoms with Crippen LogP contribution in [0.2, 0.25) is 0 Å². The van der Waals surface area contributed by atoms with Gasteiger partial charge >= 0.3 is 0 Å². The molecule has 28 heavy (non-hydrogen) atoms. The number of rotatable bonds is 3. The van der Waals surface area contributed by atoms with Gasteiger partial charge in [0.2, 0.25) is 0 Å². The van der Waals surface area contributed by atoms with Gasteiger partial charge < -0.3 is 9.88 Å². The molecular weight excluding hydrogens is 346 g/mol. The number of anilines is 1. The zero-order valence-corrected chi connectivity index (χ0v) is 17.2. The van der Waals surface area contributed by atoms with Crippen molar-refractivity contribution in [3.8, 4) is 11.1 Å². The van der Waals surface area contributed by atoms with Crippen LogP contribution in [0, 0.1) is 6.92 Å². The Bertz CT molecular complexity index is 1100. The minimum Gasteiger partial charge on any atom is -0.388 e. The molecule has 0 aliphatic carbocycles. The highest BCUT2D eigenvalue weighted by Gasteiger charge is 2.16. The molecule has 4 nitrogen and oxygen atoms in total. The Balaban J connectivity index is 0.00000109. The maximum atomic E-state index is 13.1. The van der Waals surface area contributed by atoms with Crippen molar-refractivity contribution >= 4 is 22.5 Å². The van der Waals surface area contributed by atoms with Crippen molar-refractivity contribution in [2.75, 3.05) is 12.4 Å². The summed E-state index contributed by atoms with van der Waals surface area (Å²) in [5.74, 6) is -0.0237. The first kappa shape index (κ1) is 19.5. The molecule has 0 saturated carbocycles. The first-order valence-electron chi connectivity index (χ1n) is 9.64. The lowest BCUT2D eigenvalue weighted by Crippen LogP contribution is -2.14. The Kier molecular flexibility index (Phi) is 5.69. The largest absolute Gasteiger partial charge is 0.388 e. The van der Waals surface area contributed by atoms with Crippen LogP contribution in [0.25, 0.3) is 22.0 Å². The van der Waals surface area contributed by atoms with E-state index in [9.17, 15) is 4.79 Å². The molecule has 0 aliphatic heterocycles. The normalized spacial score (nSPS) is 10.5. The second kappa shape index (κ2) is 8.17. The molecule has 0 bridgehead atoms. The van der Waals surface area contributed by atoms with Crippen LogP contribution < -0.4 is 5.32 Å². The molecule has 2 aromatic heterocycles. The summed E-state index contributed by atoms with van der Waals surface area (Å²) in [6.07, 6.45) is 3.85. The van der Waals surface area contributed by atoms with Crippen LogP contribution in [-0.2, 0) is 7.05 Å². The lowest BCUT2D eigenvalue weighted by Gasteiger charge is -2.05. The molecule has 4 rings (SSSR count). The smallest absolute Gasteiger partial charge is 0.278 e. The third-order valence-corrected chi connectivity index (χ3v) is 4.80. The Morgan fingerprint density at radius 3 is 2.32 bits per heavy atom. The first-order valence-corrected chi connectivity index (χ1v) is 9.64. The zero-order chi connectivity index (χ0) is 20.3. The molecule has 2 heterocycles. The average Bonchev–Trinajstić information content (AvgIpc) is 3.32. The Morgan fingerprint density at radius 2 is 1.64 bits per heavy atom. The highest BCUT2D eigenvalue weighted by atomic mass is 16.2. The van der Waals surface area contributed by atoms with E-state index in [1.165, 1.54) is 5.56 Å². The van der Waals surface area contributed by atoms with Crippen LogP contribution in [0.1, 0.15) is 29.9 Å². The molecule has 4 aromatic rings. The maximum Gasteiger partial charge on any atom is 0.278 e. The molecule has 144 valence electrons. The number of nitrogens with one attached hydrogen (secondary N) is 1. The van der Waals surface area contributed by atoms with Crippen LogP contribution >= 0.6 is 0 Å². The Morgan fingerprint density at radius 1 is 0.929 bits per heavy atom. The van der Waals surface area contributed by atoms with Gasteiger partial charge in [-0.3, -0.25) is 9.36 Å². The van der Waals surface area contributed by atoms with Gasteiger partial charge in [0.25, 0.3) is 5.91 Å². The maximum absolute atomic E-state index is 13.1. The van der Waals surface area contributed by atoms with E-state index in [4.69, 9.17) is 0 Å². The van der Waals surface area contributed by atoms with Crippen LogP contribution in [-0.4, -0.2) is 22.1 Å². The lowest BCUT2D eigenvalue weighted by molar-refractivity contribution is 0.0957. The molecule has 4 heteroatoms. The van der Waals surface area contributed by atoms with Crippen LogP contribution in [0.15, 0.2) is 67.0 Å². The molecule has 0 atom stereocenters. The number of carbonyl (C=O) groups excluding carboxylic acids is 1. The van der Waals surface area contributed by atoms with E-state index < -0.39 is 0 Å². The topological polar surface area (TPSA) is 39.0 Å². The Labute approximate surface area is 166 Å². The molecule has 0 radical (unpaired) electrons. The molecule has 0 aliphatic rings. The summed E-state index contributed by atoms with van der Waals surface area (Å²) in [6, 6.07) is 18.3. The van der Waals surface area contributed by atoms with Gasteiger partial charge in [-0.05, 0) is 48.9 Å². The fraction of sp³-hybridized carbons (Fsp3) is 0.208. The van der Waals surface area contributed by atoms with Crippen molar-refractivity contribution in [2.45, 2.75) is 20.8 Å². The number of nitrogens with zero attached hydrogens (tertiary/aromatic N) is 2. The summed E-state index contributed by atoms with van der Waals surface area (Å²) in [5.41, 5.74) is 5.97. The van der Waals surface area contributed by atoms with E-state index in [0.717, 1.165) is 27.7 Å². The van der Waals surface area contributed by atoms with Crippen molar-refractivity contribution in [3.63, 3.8) is 0 Å². The summed E-state index contributed by atoms with van der Waals surface area (Å²) < 4.78 is 3.61. The van der Waals surface area contributed by atoms with Crippen molar-refractivity contribution in [3.05, 3.63) is 78.2 Å². The molecule has 0 saturated heterocycles. The van der Waals surface area contributed by atoms with Gasteiger partial charge in [0.15, 0.2) is 0 Å². The quantitative estimate of drug-likeness (QED) is 0.499. The zero-order valence-electron chi connectivity index (χ0n) is 17.2. The monoisotopic (exact) mass is 373 g/mol. The van der Waals surface area contributed by atoms with Gasteiger partial charge in [-0.25, -0.2) is 0 Å². The fourth-order valence-electron chi connectivity index (χ4n) is 3.33. The third kappa shape index (κ3) is 3.58. The number of hydrogen-bond acceptors (Lipinski definition) is 2. The van der Waals surface area contributed by atoms with Gasteiger partial charge in [-0.2, -0.15) is 0 Å². The van der Waals surface area contributed by atoms with Gasteiger partial charge in [-0.1, -0.05) is 37.6 Å². The summed E-state index contributed by atoms with van der Waals surface area (Å²) in [6.45, 7) is 6.06. The molecule has 1 N–H and O–H groups in total. The lowest BCUT2D eigenvalue weighted by atomic mass is 10.1. The predicted octanol–water partition coefficient (Wildman–Crippen LogP) is 5.71. The third-order valence-electron chi connectivity index (χ3n) is 4.80. The van der Waals surface area contributed by atoms with Crippen molar-refractivity contribution in [2.24, 2.45) is 7.05 Å². The second-order valence-electron chi connectivity index (χ2n) is 6.61. The highest BCUT2D eigenvalue weighted by molar-refractivity contribution is 6.02. The molecule has 0 amide bonds. The highest BCUT2D eigenvalue weighted by Crippen LogP contribution is 2.25. The van der Waals surface area contributed by atoms with E-state index >= 15 is 0 Å². The number of carbonyl (C=O) groups is 1. The van der Waals surface area contributed by atoms with Crippen LogP contribution in [0.4, 0.5) is 5.69 Å². The Hall–Kier alpha value is -3.27. The number of benzene rings is 2. The van der Waals surface area contributed by atoms with E-state index in [0.29, 0.717) is 5.69 Å². The fourth-order valence-corrected chi connectivity index (χ4v) is 3.33.